The Morgan fingerprint density at radius 3 is 2.64 bits per heavy atom. The minimum Gasteiger partial charge on any atom is -0.361 e. The average Bonchev–Trinajstić information content (AvgIpc) is 2.87. The van der Waals surface area contributed by atoms with Gasteiger partial charge in [-0.05, 0) is 32.4 Å². The smallest absolute Gasteiger partial charge is 0.361 e. The minimum absolute atomic E-state index is 0.0212. The summed E-state index contributed by atoms with van der Waals surface area (Å²) in [6.45, 7) is 3.55. The highest BCUT2D eigenvalue weighted by atomic mass is 19.4. The topological polar surface area (TPSA) is 55.1 Å². The Kier molecular flexibility index (Phi) is 5.86. The van der Waals surface area contributed by atoms with Crippen molar-refractivity contribution in [1.82, 2.24) is 10.5 Å². The summed E-state index contributed by atoms with van der Waals surface area (Å²) < 4.78 is 43.5. The maximum atomic E-state index is 12.8. The van der Waals surface area contributed by atoms with E-state index in [1.54, 1.807) is 13.8 Å². The van der Waals surface area contributed by atoms with Crippen LogP contribution in [-0.2, 0) is 17.4 Å². The zero-order chi connectivity index (χ0) is 18.4. The predicted octanol–water partition coefficient (Wildman–Crippen LogP) is 3.41. The molecule has 0 atom stereocenters. The van der Waals surface area contributed by atoms with E-state index in [2.05, 4.69) is 22.3 Å². The van der Waals surface area contributed by atoms with E-state index in [0.717, 1.165) is 17.3 Å². The van der Waals surface area contributed by atoms with Crippen molar-refractivity contribution in [2.24, 2.45) is 0 Å². The number of nitrogens with zero attached hydrogens (tertiary/aromatic N) is 1. The van der Waals surface area contributed by atoms with Crippen molar-refractivity contribution < 1.29 is 22.5 Å². The van der Waals surface area contributed by atoms with Gasteiger partial charge in [-0.3, -0.25) is 4.79 Å². The zero-order valence-corrected chi connectivity index (χ0v) is 13.8. The molecule has 0 radical (unpaired) electrons. The van der Waals surface area contributed by atoms with Crippen LogP contribution in [0.3, 0.4) is 0 Å². The molecule has 4 nitrogen and oxygen atoms in total. The molecule has 0 bridgehead atoms. The summed E-state index contributed by atoms with van der Waals surface area (Å²) in [6.07, 6.45) is -3.75. The third-order valence-electron chi connectivity index (χ3n) is 3.61. The number of amides is 1. The summed E-state index contributed by atoms with van der Waals surface area (Å²) in [5, 5.41) is 6.38. The van der Waals surface area contributed by atoms with Gasteiger partial charge in [0, 0.05) is 17.5 Å². The van der Waals surface area contributed by atoms with Gasteiger partial charge in [-0.25, -0.2) is 0 Å². The quantitative estimate of drug-likeness (QED) is 0.860. The molecule has 132 valence electrons. The van der Waals surface area contributed by atoms with Gasteiger partial charge in [0.2, 0.25) is 5.91 Å². The molecule has 1 amide bonds. The summed E-state index contributed by atoms with van der Waals surface area (Å²) in [5.74, 6) is 5.44. The van der Waals surface area contributed by atoms with Crippen molar-refractivity contribution in [3.63, 3.8) is 0 Å². The first kappa shape index (κ1) is 18.6. The summed E-state index contributed by atoms with van der Waals surface area (Å²) in [5.41, 5.74) is 0.737. The van der Waals surface area contributed by atoms with Crippen molar-refractivity contribution >= 4 is 5.91 Å². The van der Waals surface area contributed by atoms with Crippen LogP contribution < -0.4 is 5.32 Å². The van der Waals surface area contributed by atoms with Crippen LogP contribution in [0.2, 0.25) is 0 Å². The molecule has 0 aliphatic heterocycles. The number of alkyl halides is 3. The van der Waals surface area contributed by atoms with Gasteiger partial charge in [0.25, 0.3) is 0 Å². The first-order valence-electron chi connectivity index (χ1n) is 7.62. The monoisotopic (exact) mass is 350 g/mol. The normalized spacial score (nSPS) is 10.9. The van der Waals surface area contributed by atoms with Crippen LogP contribution >= 0.6 is 0 Å². The third kappa shape index (κ3) is 5.11. The van der Waals surface area contributed by atoms with Gasteiger partial charge in [0.05, 0.1) is 17.8 Å². The van der Waals surface area contributed by atoms with Crippen molar-refractivity contribution in [2.45, 2.75) is 32.9 Å². The molecule has 7 heteroatoms. The lowest BCUT2D eigenvalue weighted by Gasteiger charge is -2.08. The molecule has 2 rings (SSSR count). The number of hydrogen-bond donors (Lipinski definition) is 1. The van der Waals surface area contributed by atoms with Crippen molar-refractivity contribution in [3.05, 3.63) is 52.4 Å². The molecular weight excluding hydrogens is 333 g/mol. The first-order chi connectivity index (χ1) is 11.8. The second kappa shape index (κ2) is 7.88. The van der Waals surface area contributed by atoms with E-state index in [-0.39, 0.29) is 24.4 Å². The van der Waals surface area contributed by atoms with E-state index in [1.807, 2.05) is 0 Å². The fourth-order valence-electron chi connectivity index (χ4n) is 2.31. The molecule has 0 saturated heterocycles. The summed E-state index contributed by atoms with van der Waals surface area (Å²) in [4.78, 5) is 11.8. The zero-order valence-electron chi connectivity index (χ0n) is 13.8. The number of rotatable bonds is 4. The van der Waals surface area contributed by atoms with Gasteiger partial charge >= 0.3 is 6.18 Å². The van der Waals surface area contributed by atoms with Crippen LogP contribution in [0.5, 0.6) is 0 Å². The molecule has 1 aromatic heterocycles. The molecule has 1 N–H and O–H groups in total. The molecule has 25 heavy (non-hydrogen) atoms. The maximum absolute atomic E-state index is 12.8. The lowest BCUT2D eigenvalue weighted by atomic mass is 10.1. The van der Waals surface area contributed by atoms with Gasteiger partial charge in [-0.2, -0.15) is 13.2 Å². The van der Waals surface area contributed by atoms with Gasteiger partial charge in [-0.1, -0.05) is 29.1 Å². The van der Waals surface area contributed by atoms with E-state index in [0.29, 0.717) is 12.2 Å². The fraction of sp³-hybridized carbons (Fsp3) is 0.333. The number of nitrogens with one attached hydrogen (secondary N) is 1. The largest absolute Gasteiger partial charge is 0.417 e. The van der Waals surface area contributed by atoms with Crippen molar-refractivity contribution in [2.75, 3.05) is 6.54 Å². The molecule has 0 aliphatic rings. The second-order valence-electron chi connectivity index (χ2n) is 5.42. The Balaban J connectivity index is 1.88. The Morgan fingerprint density at radius 1 is 1.28 bits per heavy atom. The van der Waals surface area contributed by atoms with Gasteiger partial charge in [-0.15, -0.1) is 0 Å². The van der Waals surface area contributed by atoms with Crippen molar-refractivity contribution in [3.8, 4) is 11.8 Å². The summed E-state index contributed by atoms with van der Waals surface area (Å²) >= 11 is 0. The van der Waals surface area contributed by atoms with Crippen LogP contribution in [0.25, 0.3) is 0 Å². The molecule has 0 unspecified atom stereocenters. The maximum Gasteiger partial charge on any atom is 0.417 e. The summed E-state index contributed by atoms with van der Waals surface area (Å²) in [7, 11) is 0. The van der Waals surface area contributed by atoms with E-state index < -0.39 is 11.7 Å². The van der Waals surface area contributed by atoms with E-state index >= 15 is 0 Å². The Morgan fingerprint density at radius 2 is 2.00 bits per heavy atom. The molecule has 0 aliphatic carbocycles. The van der Waals surface area contributed by atoms with Crippen molar-refractivity contribution in [1.29, 1.82) is 0 Å². The number of aryl methyl sites for hydroxylation is 2. The second-order valence-corrected chi connectivity index (χ2v) is 5.42. The van der Waals surface area contributed by atoms with E-state index in [1.165, 1.54) is 18.2 Å². The van der Waals surface area contributed by atoms with Crippen LogP contribution in [0.15, 0.2) is 28.8 Å². The Bertz CT molecular complexity index is 794. The van der Waals surface area contributed by atoms with Crippen LogP contribution in [0.1, 0.15) is 34.6 Å². The molecule has 1 aromatic carbocycles. The highest BCUT2D eigenvalue weighted by Gasteiger charge is 2.32. The molecule has 0 saturated carbocycles. The number of carbonyl (C=O) groups excluding carboxylic acids is 1. The average molecular weight is 350 g/mol. The first-order valence-corrected chi connectivity index (χ1v) is 7.62. The predicted molar refractivity (Wildman–Crippen MR) is 85.6 cm³/mol. The van der Waals surface area contributed by atoms with Gasteiger partial charge in [0.1, 0.15) is 5.76 Å². The van der Waals surface area contributed by atoms with E-state index in [4.69, 9.17) is 4.52 Å². The highest BCUT2D eigenvalue weighted by Crippen LogP contribution is 2.31. The molecular formula is C18H17F3N2O2. The molecule has 0 fully saturated rings. The van der Waals surface area contributed by atoms with Gasteiger partial charge in [0.15, 0.2) is 0 Å². The molecule has 1 heterocycles. The fourth-order valence-corrected chi connectivity index (χ4v) is 2.31. The van der Waals surface area contributed by atoms with Crippen LogP contribution in [0.4, 0.5) is 13.2 Å². The number of benzene rings is 1. The molecule has 0 spiro atoms. The molecule has 2 aromatic rings. The Hall–Kier alpha value is -2.75. The highest BCUT2D eigenvalue weighted by molar-refractivity contribution is 5.76. The van der Waals surface area contributed by atoms with E-state index in [9.17, 15) is 18.0 Å². The Labute approximate surface area is 143 Å². The lowest BCUT2D eigenvalue weighted by Crippen LogP contribution is -2.23. The minimum atomic E-state index is -4.46. The lowest BCUT2D eigenvalue weighted by molar-refractivity contribution is -0.137. The number of aromatic nitrogens is 1. The third-order valence-corrected chi connectivity index (χ3v) is 3.61. The number of hydrogen-bond acceptors (Lipinski definition) is 3. The van der Waals surface area contributed by atoms with Crippen LogP contribution in [-0.4, -0.2) is 17.6 Å². The van der Waals surface area contributed by atoms with Gasteiger partial charge < -0.3 is 9.84 Å². The number of carbonyl (C=O) groups is 1. The summed E-state index contributed by atoms with van der Waals surface area (Å²) in [6, 6.07) is 5.08. The van der Waals surface area contributed by atoms with Crippen LogP contribution in [0, 0.1) is 25.7 Å². The SMILES string of the molecule is Cc1noc(C)c1CCC(=O)NCC#Cc1ccccc1C(F)(F)F. The number of halogens is 3. The standard InChI is InChI=1S/C18H17F3N2O2/c1-12-15(13(2)25-23-12)9-10-17(24)22-11-5-7-14-6-3-4-8-16(14)18(19,20)21/h3-4,6,8H,9-11H2,1-2H3,(H,22,24).